The molecule has 0 radical (unpaired) electrons. The molecule has 0 atom stereocenters. The van der Waals surface area contributed by atoms with Crippen LogP contribution >= 0.6 is 0 Å². The Morgan fingerprint density at radius 2 is 1.26 bits per heavy atom. The van der Waals surface area contributed by atoms with E-state index >= 15 is 0 Å². The average molecular weight is 1170 g/mol. The first-order valence-electron chi connectivity index (χ1n) is 33.8. The molecule has 0 aliphatic carbocycles. The van der Waals surface area contributed by atoms with E-state index in [1.807, 2.05) is 135 Å². The Bertz CT molecular complexity index is 4460. The van der Waals surface area contributed by atoms with Crippen molar-refractivity contribution in [3.63, 3.8) is 0 Å². The van der Waals surface area contributed by atoms with Gasteiger partial charge in [0.25, 0.3) is 0 Å². The molecular formula is C69H66N3OPt-. The quantitative estimate of drug-likeness (QED) is 0.139. The fourth-order valence-electron chi connectivity index (χ4n) is 9.21. The number of aromatic nitrogens is 3. The maximum Gasteiger partial charge on any atom is 0.148 e. The Balaban J connectivity index is 0.0000102. The van der Waals surface area contributed by atoms with Crippen molar-refractivity contribution in [3.05, 3.63) is 216 Å². The van der Waals surface area contributed by atoms with Gasteiger partial charge in [-0.1, -0.05) is 219 Å². The van der Waals surface area contributed by atoms with Gasteiger partial charge in [-0.2, -0.15) is 0 Å². The molecule has 2 heterocycles. The van der Waals surface area contributed by atoms with Crippen LogP contribution in [0.3, 0.4) is 0 Å². The molecule has 0 aliphatic rings. The number of phenols is 1. The van der Waals surface area contributed by atoms with Crippen LogP contribution < -0.4 is 0 Å². The number of aromatic hydroxyl groups is 1. The molecule has 4 nitrogen and oxygen atoms in total. The van der Waals surface area contributed by atoms with Crippen molar-refractivity contribution in [1.82, 2.24) is 14.5 Å². The second-order valence-corrected chi connectivity index (χ2v) is 20.1. The normalized spacial score (nSPS) is 16.3. The van der Waals surface area contributed by atoms with Gasteiger partial charge in [-0.15, -0.1) is 23.8 Å². The van der Waals surface area contributed by atoms with Gasteiger partial charge in [-0.05, 0) is 121 Å². The number of hydrogen-bond acceptors (Lipinski definition) is 3. The predicted octanol–water partition coefficient (Wildman–Crippen LogP) is 18.7. The van der Waals surface area contributed by atoms with E-state index in [2.05, 4.69) is 44.0 Å². The summed E-state index contributed by atoms with van der Waals surface area (Å²) < 4.78 is 169. The summed E-state index contributed by atoms with van der Waals surface area (Å²) in [6.07, 6.45) is -0.804. The third kappa shape index (κ3) is 10.2. The number of aryl methyl sites for hydroxylation is 1. The topological polar surface area (TPSA) is 50.9 Å². The van der Waals surface area contributed by atoms with Gasteiger partial charge in [0, 0.05) is 54.9 Å². The molecule has 10 rings (SSSR count). The van der Waals surface area contributed by atoms with Crippen molar-refractivity contribution in [2.75, 3.05) is 0 Å². The molecule has 10 aromatic rings. The zero-order valence-electron chi connectivity index (χ0n) is 61.0. The minimum atomic E-state index is -3.96. The van der Waals surface area contributed by atoms with Crippen molar-refractivity contribution in [2.24, 2.45) is 0 Å². The number of para-hydroxylation sites is 1. The number of imidazole rings is 1. The van der Waals surface area contributed by atoms with E-state index in [4.69, 9.17) is 26.9 Å². The van der Waals surface area contributed by atoms with Crippen LogP contribution in [-0.4, -0.2) is 19.6 Å². The minimum Gasteiger partial charge on any atom is -0.507 e. The van der Waals surface area contributed by atoms with Gasteiger partial charge in [-0.3, -0.25) is 9.55 Å². The van der Waals surface area contributed by atoms with Gasteiger partial charge < -0.3 is 5.11 Å². The second kappa shape index (κ2) is 20.6. The maximum absolute atomic E-state index is 12.7. The number of benzene rings is 8. The van der Waals surface area contributed by atoms with E-state index in [-0.39, 0.29) is 66.7 Å². The number of phenolic OH excluding ortho intramolecular Hbond substituents is 1. The largest absolute Gasteiger partial charge is 0.507 e. The van der Waals surface area contributed by atoms with Crippen LogP contribution in [-0.2, 0) is 31.9 Å². The molecule has 0 bridgehead atoms. The molecule has 0 aliphatic heterocycles. The molecule has 2 aromatic heterocycles. The van der Waals surface area contributed by atoms with E-state index in [9.17, 15) is 9.22 Å². The van der Waals surface area contributed by atoms with Gasteiger partial charge in [-0.25, -0.2) is 4.98 Å². The van der Waals surface area contributed by atoms with Crippen molar-refractivity contribution in [2.45, 2.75) is 98.5 Å². The van der Waals surface area contributed by atoms with Gasteiger partial charge in [0.05, 0.1) is 31.9 Å². The summed E-state index contributed by atoms with van der Waals surface area (Å²) >= 11 is 0. The molecule has 0 fully saturated rings. The van der Waals surface area contributed by atoms with Gasteiger partial charge in [0.1, 0.15) is 11.6 Å². The van der Waals surface area contributed by atoms with E-state index in [0.29, 0.717) is 66.8 Å². The first-order chi connectivity index (χ1) is 42.8. The molecule has 0 unspecified atom stereocenters. The zero-order valence-corrected chi connectivity index (χ0v) is 44.3. The Labute approximate surface area is 480 Å². The number of rotatable bonds is 10. The molecular weight excluding hydrogens is 1080 g/mol. The number of hydrogen-bond donors (Lipinski definition) is 1. The first kappa shape index (κ1) is 32.9. The third-order valence-electron chi connectivity index (χ3n) is 13.3. The van der Waals surface area contributed by atoms with Crippen molar-refractivity contribution in [3.8, 4) is 89.7 Å². The molecule has 74 heavy (non-hydrogen) atoms. The second-order valence-electron chi connectivity index (χ2n) is 20.1. The van der Waals surface area contributed by atoms with E-state index in [1.165, 1.54) is 0 Å². The molecule has 8 aromatic carbocycles. The zero-order chi connectivity index (χ0) is 67.4. The van der Waals surface area contributed by atoms with Gasteiger partial charge in [0.15, 0.2) is 0 Å². The first-order valence-corrected chi connectivity index (χ1v) is 24.3. The summed E-state index contributed by atoms with van der Waals surface area (Å²) in [5.41, 5.74) is 1.38. The number of fused-ring (bicyclic) bond motifs is 1. The molecule has 0 spiro atoms. The van der Waals surface area contributed by atoms with Crippen molar-refractivity contribution in [1.29, 1.82) is 0 Å². The minimum absolute atomic E-state index is 0. The van der Waals surface area contributed by atoms with Crippen LogP contribution in [0.4, 0.5) is 0 Å². The molecule has 374 valence electrons. The monoisotopic (exact) mass is 1170 g/mol. The van der Waals surface area contributed by atoms with Crippen LogP contribution in [0.25, 0.3) is 95.0 Å². The number of nitrogens with zero attached hydrogens (tertiary/aromatic N) is 3. The van der Waals surface area contributed by atoms with Crippen molar-refractivity contribution < 1.29 is 52.2 Å². The molecule has 1 N–H and O–H groups in total. The van der Waals surface area contributed by atoms with E-state index in [1.54, 1.807) is 24.3 Å². The third-order valence-corrected chi connectivity index (χ3v) is 13.3. The van der Waals surface area contributed by atoms with Gasteiger partial charge >= 0.3 is 0 Å². The summed E-state index contributed by atoms with van der Waals surface area (Å²) in [5.74, 6) is 0.0468. The summed E-state index contributed by atoms with van der Waals surface area (Å²) in [7, 11) is 0. The Morgan fingerprint density at radius 1 is 0.581 bits per heavy atom. The predicted molar refractivity (Wildman–Crippen MR) is 308 cm³/mol. The van der Waals surface area contributed by atoms with Gasteiger partial charge in [0.2, 0.25) is 0 Å². The number of pyridine rings is 1. The molecule has 5 heteroatoms. The average Bonchev–Trinajstić information content (AvgIpc) is 1.14. The molecule has 0 saturated heterocycles. The molecule has 0 amide bonds. The van der Waals surface area contributed by atoms with Crippen LogP contribution in [0.5, 0.6) is 5.75 Å². The summed E-state index contributed by atoms with van der Waals surface area (Å²) in [4.78, 5) is 9.92. The Kier molecular flexibility index (Phi) is 9.19. The van der Waals surface area contributed by atoms with E-state index < -0.39 is 91.9 Å². The van der Waals surface area contributed by atoms with Crippen LogP contribution in [0.1, 0.15) is 135 Å². The SMILES string of the molecule is [2H]c1nc(-c2[c-]c(-c3cccc4c3nc(-c3cc(C(C)C)cc(C(C)C)c3O)n4-c3cc(C([2H])([2H])[2H])c(-c4ccccc4)cc3-c3ccc(C(C)(C)C)cc3)cc(-c3ccccc3)c2)c([2H])c(-c2c([2H])c([2H])c(C(C([2H])([2H])[2H])(C([2H])([2H])[2H])C([2H])([2H])[2H])c([2H])c2[2H])c1[2H].[Pt]. The van der Waals surface area contributed by atoms with Crippen LogP contribution in [0.2, 0.25) is 0 Å². The fraction of sp³-hybridized carbons (Fsp3) is 0.217. The van der Waals surface area contributed by atoms with Crippen LogP contribution in [0.15, 0.2) is 182 Å². The summed E-state index contributed by atoms with van der Waals surface area (Å²) in [6.45, 7) is -0.146. The summed E-state index contributed by atoms with van der Waals surface area (Å²) in [5, 5.41) is 12.7. The fourth-order valence-corrected chi connectivity index (χ4v) is 9.21. The van der Waals surface area contributed by atoms with Crippen molar-refractivity contribution >= 4 is 11.0 Å². The molecule has 0 saturated carbocycles. The smallest absolute Gasteiger partial charge is 0.148 e. The van der Waals surface area contributed by atoms with Crippen LogP contribution in [0, 0.1) is 12.9 Å². The maximum atomic E-state index is 12.7. The Morgan fingerprint density at radius 3 is 1.91 bits per heavy atom. The Hall–Kier alpha value is -7.13. The standard InChI is InChI=1S/C69H66N3O.Pt/c1-43(2)51-39-58(44(3)4)66(73)61(40-51)67-71-65-57(53-36-52(46-19-14-12-15-20-46)37-54(38-53)62-41-50(33-34-70-62)47-25-29-55(30-26-47)68(6,7)8)23-18-24-63(65)72(67)64-35-45(5)59(48-21-16-13-17-22-48)42-60(64)49-27-31-56(32-28-49)69(9,10)11;/h12-37,39-44,73H,1-11H3;/q-1;/i5D3,6D3,7D3,8D3,25D,26D,29D,30D,33D,34D,41D;. The van der Waals surface area contributed by atoms with E-state index in [0.717, 1.165) is 16.7 Å². The summed E-state index contributed by atoms with van der Waals surface area (Å²) in [6, 6.07) is 39.6.